The lowest BCUT2D eigenvalue weighted by Gasteiger charge is -2.21. The summed E-state index contributed by atoms with van der Waals surface area (Å²) >= 11 is 0. The van der Waals surface area contributed by atoms with E-state index < -0.39 is 0 Å². The molecule has 0 amide bonds. The first-order chi connectivity index (χ1) is 12.3. The minimum Gasteiger partial charge on any atom is -0.488 e. The first-order valence-electron chi connectivity index (χ1n) is 7.88. The van der Waals surface area contributed by atoms with E-state index in [2.05, 4.69) is 0 Å². The average molecular weight is 338 g/mol. The van der Waals surface area contributed by atoms with Gasteiger partial charge in [0, 0.05) is 11.1 Å². The first kappa shape index (κ1) is 15.6. The van der Waals surface area contributed by atoms with Crippen molar-refractivity contribution in [2.24, 2.45) is 0 Å². The van der Waals surface area contributed by atoms with Gasteiger partial charge in [0.25, 0.3) is 0 Å². The van der Waals surface area contributed by atoms with E-state index in [4.69, 9.17) is 14.2 Å². The second-order valence-electron chi connectivity index (χ2n) is 5.77. The van der Waals surface area contributed by atoms with Crippen molar-refractivity contribution >= 4 is 17.1 Å². The molecule has 3 aromatic carbocycles. The van der Waals surface area contributed by atoms with Crippen molar-refractivity contribution in [1.29, 1.82) is 0 Å². The largest absolute Gasteiger partial charge is 0.488 e. The fourth-order valence-corrected chi connectivity index (χ4v) is 3.04. The van der Waals surface area contributed by atoms with Crippen LogP contribution in [0.15, 0.2) is 48.5 Å². The van der Waals surface area contributed by atoms with Crippen LogP contribution in [0.1, 0.15) is 21.5 Å². The molecule has 0 saturated carbocycles. The molecule has 5 heteroatoms. The molecule has 0 saturated heterocycles. The Balaban J connectivity index is 1.67. The van der Waals surface area contributed by atoms with Gasteiger partial charge in [-0.05, 0) is 29.0 Å². The van der Waals surface area contributed by atoms with Crippen LogP contribution in [0.4, 0.5) is 4.39 Å². The predicted octanol–water partition coefficient (Wildman–Crippen LogP) is 4.24. The molecule has 0 N–H and O–H groups in total. The molecule has 4 nitrogen and oxygen atoms in total. The molecule has 1 aliphatic rings. The molecule has 0 unspecified atom stereocenters. The van der Waals surface area contributed by atoms with Crippen LogP contribution in [0.5, 0.6) is 11.5 Å². The fourth-order valence-electron chi connectivity index (χ4n) is 3.04. The molecule has 0 atom stereocenters. The van der Waals surface area contributed by atoms with Gasteiger partial charge in [-0.1, -0.05) is 30.3 Å². The molecular formula is C20H15FO4. The van der Waals surface area contributed by atoms with Crippen LogP contribution >= 0.6 is 0 Å². The van der Waals surface area contributed by atoms with Crippen molar-refractivity contribution in [1.82, 2.24) is 0 Å². The number of hydrogen-bond acceptors (Lipinski definition) is 4. The van der Waals surface area contributed by atoms with Crippen LogP contribution in [0.25, 0.3) is 10.8 Å². The lowest BCUT2D eigenvalue weighted by atomic mass is 10.0. The summed E-state index contributed by atoms with van der Waals surface area (Å²) in [5.74, 6) is 0.667. The van der Waals surface area contributed by atoms with Crippen LogP contribution in [0.2, 0.25) is 0 Å². The Labute approximate surface area is 143 Å². The van der Waals surface area contributed by atoms with Crippen LogP contribution in [-0.4, -0.2) is 13.1 Å². The van der Waals surface area contributed by atoms with Gasteiger partial charge in [-0.2, -0.15) is 0 Å². The lowest BCUT2D eigenvalue weighted by Crippen LogP contribution is -2.14. The quantitative estimate of drug-likeness (QED) is 0.668. The zero-order chi connectivity index (χ0) is 17.2. The Bertz CT molecular complexity index is 952. The minimum absolute atomic E-state index is 0.0965. The number of carbonyl (C=O) groups excluding carboxylic acids is 1. The van der Waals surface area contributed by atoms with Crippen LogP contribution < -0.4 is 9.47 Å². The van der Waals surface area contributed by atoms with E-state index in [0.29, 0.717) is 34.8 Å². The molecule has 126 valence electrons. The van der Waals surface area contributed by atoms with Crippen molar-refractivity contribution in [2.45, 2.75) is 13.2 Å². The highest BCUT2D eigenvalue weighted by Crippen LogP contribution is 2.32. The molecule has 1 heterocycles. The summed E-state index contributed by atoms with van der Waals surface area (Å²) in [6.07, 6.45) is 0.781. The zero-order valence-corrected chi connectivity index (χ0v) is 13.3. The third-order valence-electron chi connectivity index (χ3n) is 4.18. The van der Waals surface area contributed by atoms with Gasteiger partial charge in [-0.3, -0.25) is 4.79 Å². The number of benzene rings is 3. The summed E-state index contributed by atoms with van der Waals surface area (Å²) in [6, 6.07) is 14.0. The Kier molecular flexibility index (Phi) is 4.07. The molecule has 0 radical (unpaired) electrons. The Morgan fingerprint density at radius 1 is 1.16 bits per heavy atom. The molecule has 0 aliphatic carbocycles. The second kappa shape index (κ2) is 6.53. The maximum Gasteiger partial charge on any atom is 0.189 e. The topological polar surface area (TPSA) is 44.8 Å². The molecule has 1 aliphatic heterocycles. The lowest BCUT2D eigenvalue weighted by molar-refractivity contribution is -0.0178. The van der Waals surface area contributed by atoms with E-state index >= 15 is 0 Å². The van der Waals surface area contributed by atoms with Gasteiger partial charge < -0.3 is 14.2 Å². The molecule has 25 heavy (non-hydrogen) atoms. The highest BCUT2D eigenvalue weighted by Gasteiger charge is 2.18. The van der Waals surface area contributed by atoms with Crippen molar-refractivity contribution in [3.63, 3.8) is 0 Å². The molecule has 0 spiro atoms. The van der Waals surface area contributed by atoms with Crippen molar-refractivity contribution < 1.29 is 23.4 Å². The van der Waals surface area contributed by atoms with E-state index in [0.717, 1.165) is 17.1 Å². The molecular weight excluding hydrogens is 323 g/mol. The SMILES string of the molecule is O=Cc1c(OCc2cc(F)cc3c2OCOC3)ccc2ccccc12. The fraction of sp³-hybridized carbons (Fsp3) is 0.150. The number of halogens is 1. The van der Waals surface area contributed by atoms with E-state index in [1.165, 1.54) is 12.1 Å². The summed E-state index contributed by atoms with van der Waals surface area (Å²) in [5, 5.41) is 1.78. The van der Waals surface area contributed by atoms with Gasteiger partial charge in [-0.25, -0.2) is 4.39 Å². The standard InChI is InChI=1S/C20H15FO4/c21-16-7-14-10-23-12-25-20(14)15(8-16)11-24-19-6-5-13-3-1-2-4-17(13)18(19)9-22/h1-9H,10-12H2. The van der Waals surface area contributed by atoms with Crippen LogP contribution in [-0.2, 0) is 18.0 Å². The molecule has 0 bridgehead atoms. The van der Waals surface area contributed by atoms with Crippen molar-refractivity contribution in [3.8, 4) is 11.5 Å². The van der Waals surface area contributed by atoms with Gasteiger partial charge in [0.2, 0.25) is 0 Å². The van der Waals surface area contributed by atoms with E-state index in [-0.39, 0.29) is 19.2 Å². The number of carbonyl (C=O) groups is 1. The van der Waals surface area contributed by atoms with E-state index in [1.807, 2.05) is 30.3 Å². The van der Waals surface area contributed by atoms with E-state index in [9.17, 15) is 9.18 Å². The summed E-state index contributed by atoms with van der Waals surface area (Å²) in [7, 11) is 0. The van der Waals surface area contributed by atoms with Crippen LogP contribution in [0.3, 0.4) is 0 Å². The van der Waals surface area contributed by atoms with Crippen LogP contribution in [0, 0.1) is 5.82 Å². The summed E-state index contributed by atoms with van der Waals surface area (Å²) in [6.45, 7) is 0.524. The maximum absolute atomic E-state index is 13.8. The van der Waals surface area contributed by atoms with Gasteiger partial charge in [-0.15, -0.1) is 0 Å². The van der Waals surface area contributed by atoms with Gasteiger partial charge in [0.1, 0.15) is 23.9 Å². The van der Waals surface area contributed by atoms with E-state index in [1.54, 1.807) is 6.07 Å². The highest BCUT2D eigenvalue weighted by atomic mass is 19.1. The van der Waals surface area contributed by atoms with Crippen molar-refractivity contribution in [3.05, 3.63) is 71.0 Å². The Morgan fingerprint density at radius 2 is 2.04 bits per heavy atom. The number of fused-ring (bicyclic) bond motifs is 2. The third-order valence-corrected chi connectivity index (χ3v) is 4.18. The first-order valence-corrected chi connectivity index (χ1v) is 7.88. The number of hydrogen-bond donors (Lipinski definition) is 0. The van der Waals surface area contributed by atoms with Gasteiger partial charge >= 0.3 is 0 Å². The van der Waals surface area contributed by atoms with Crippen molar-refractivity contribution in [2.75, 3.05) is 6.79 Å². The Morgan fingerprint density at radius 3 is 2.92 bits per heavy atom. The smallest absolute Gasteiger partial charge is 0.189 e. The third kappa shape index (κ3) is 2.94. The molecule has 0 aromatic heterocycles. The average Bonchev–Trinajstić information content (AvgIpc) is 2.65. The second-order valence-corrected chi connectivity index (χ2v) is 5.77. The number of aldehydes is 1. The maximum atomic E-state index is 13.8. The predicted molar refractivity (Wildman–Crippen MR) is 90.4 cm³/mol. The summed E-state index contributed by atoms with van der Waals surface area (Å²) < 4.78 is 30.3. The zero-order valence-electron chi connectivity index (χ0n) is 13.3. The van der Waals surface area contributed by atoms with Gasteiger partial charge in [0.05, 0.1) is 12.2 Å². The highest BCUT2D eigenvalue weighted by molar-refractivity contribution is 6.00. The minimum atomic E-state index is -0.374. The summed E-state index contributed by atoms with van der Waals surface area (Å²) in [5.41, 5.74) is 1.72. The van der Waals surface area contributed by atoms with Gasteiger partial charge in [0.15, 0.2) is 13.1 Å². The number of rotatable bonds is 4. The molecule has 4 rings (SSSR count). The molecule has 0 fully saturated rings. The monoisotopic (exact) mass is 338 g/mol. The molecule has 3 aromatic rings. The normalized spacial score (nSPS) is 13.2. The Hall–Kier alpha value is -2.92. The summed E-state index contributed by atoms with van der Waals surface area (Å²) in [4.78, 5) is 11.6. The number of ether oxygens (including phenoxy) is 3.